The van der Waals surface area contributed by atoms with Crippen molar-refractivity contribution >= 4 is 0 Å². The topological polar surface area (TPSA) is 61.7 Å². The summed E-state index contributed by atoms with van der Waals surface area (Å²) in [6, 6.07) is 8.18. The van der Waals surface area contributed by atoms with Crippen LogP contribution in [0.1, 0.15) is 12.5 Å². The molecule has 0 aliphatic carbocycles. The first-order chi connectivity index (χ1) is 8.15. The average Bonchev–Trinajstić information content (AvgIpc) is 2.36. The van der Waals surface area contributed by atoms with Crippen LogP contribution in [-0.2, 0) is 6.42 Å². The molecule has 0 heterocycles. The normalized spacial score (nSPS) is 14.4. The Hall–Kier alpha value is -1.10. The van der Waals surface area contributed by atoms with Crippen molar-refractivity contribution in [3.63, 3.8) is 0 Å². The second-order valence-electron chi connectivity index (χ2n) is 4.20. The van der Waals surface area contributed by atoms with E-state index in [1.54, 1.807) is 7.11 Å². The summed E-state index contributed by atoms with van der Waals surface area (Å²) in [4.78, 5) is 0. The second kappa shape index (κ2) is 7.27. The zero-order chi connectivity index (χ0) is 12.7. The van der Waals surface area contributed by atoms with Gasteiger partial charge in [-0.2, -0.15) is 0 Å². The van der Waals surface area contributed by atoms with E-state index in [4.69, 9.17) is 9.84 Å². The largest absolute Gasteiger partial charge is 0.497 e. The van der Waals surface area contributed by atoms with Crippen LogP contribution in [0.15, 0.2) is 24.3 Å². The summed E-state index contributed by atoms with van der Waals surface area (Å²) < 4.78 is 5.09. The van der Waals surface area contributed by atoms with Crippen molar-refractivity contribution in [1.82, 2.24) is 5.32 Å². The molecular formula is C13H21NO3. The van der Waals surface area contributed by atoms with Crippen molar-refractivity contribution in [2.24, 2.45) is 0 Å². The molecule has 0 fully saturated rings. The molecule has 0 radical (unpaired) electrons. The number of hydrogen-bond acceptors (Lipinski definition) is 4. The molecule has 0 spiro atoms. The highest BCUT2D eigenvalue weighted by Gasteiger charge is 2.06. The lowest BCUT2D eigenvalue weighted by Crippen LogP contribution is -2.36. The number of methoxy groups -OCH3 is 1. The predicted molar refractivity (Wildman–Crippen MR) is 67.3 cm³/mol. The quantitative estimate of drug-likeness (QED) is 0.651. The monoisotopic (exact) mass is 239 g/mol. The van der Waals surface area contributed by atoms with Gasteiger partial charge in [0.25, 0.3) is 0 Å². The smallest absolute Gasteiger partial charge is 0.118 e. The van der Waals surface area contributed by atoms with Crippen LogP contribution in [0.3, 0.4) is 0 Å². The zero-order valence-corrected chi connectivity index (χ0v) is 10.4. The van der Waals surface area contributed by atoms with Crippen LogP contribution in [0, 0.1) is 0 Å². The van der Waals surface area contributed by atoms with E-state index in [0.717, 1.165) is 12.2 Å². The Morgan fingerprint density at radius 3 is 2.47 bits per heavy atom. The van der Waals surface area contributed by atoms with Crippen molar-refractivity contribution in [2.75, 3.05) is 20.3 Å². The summed E-state index contributed by atoms with van der Waals surface area (Å²) >= 11 is 0. The Morgan fingerprint density at radius 2 is 1.94 bits per heavy atom. The number of aliphatic hydroxyl groups is 2. The number of ether oxygens (including phenoxy) is 1. The van der Waals surface area contributed by atoms with Crippen molar-refractivity contribution in [3.05, 3.63) is 29.8 Å². The van der Waals surface area contributed by atoms with Crippen LogP contribution in [-0.4, -0.2) is 42.6 Å². The van der Waals surface area contributed by atoms with E-state index in [1.165, 1.54) is 5.56 Å². The van der Waals surface area contributed by atoms with E-state index in [2.05, 4.69) is 5.32 Å². The molecular weight excluding hydrogens is 218 g/mol. The van der Waals surface area contributed by atoms with Gasteiger partial charge in [-0.15, -0.1) is 0 Å². The Bertz CT molecular complexity index is 313. The van der Waals surface area contributed by atoms with Crippen LogP contribution in [0.5, 0.6) is 5.75 Å². The molecule has 96 valence electrons. The van der Waals surface area contributed by atoms with Gasteiger partial charge in [0.05, 0.1) is 19.8 Å². The van der Waals surface area contributed by atoms with Crippen LogP contribution in [0.4, 0.5) is 0 Å². The highest BCUT2D eigenvalue weighted by molar-refractivity contribution is 5.27. The molecule has 2 atom stereocenters. The molecule has 2 unspecified atom stereocenters. The highest BCUT2D eigenvalue weighted by atomic mass is 16.5. The molecule has 0 aliphatic rings. The molecule has 0 saturated carbocycles. The third-order valence-electron chi connectivity index (χ3n) is 2.61. The van der Waals surface area contributed by atoms with Gasteiger partial charge in [0, 0.05) is 12.6 Å². The summed E-state index contributed by atoms with van der Waals surface area (Å²) in [7, 11) is 1.65. The Morgan fingerprint density at radius 1 is 1.29 bits per heavy atom. The lowest BCUT2D eigenvalue weighted by molar-refractivity contribution is 0.0924. The predicted octanol–water partition coefficient (Wildman–Crippen LogP) is 0.569. The van der Waals surface area contributed by atoms with Gasteiger partial charge in [-0.25, -0.2) is 0 Å². The Balaban J connectivity index is 2.36. The number of rotatable bonds is 7. The fraction of sp³-hybridized carbons (Fsp3) is 0.538. The summed E-state index contributed by atoms with van der Waals surface area (Å²) in [5, 5.41) is 21.1. The van der Waals surface area contributed by atoms with E-state index in [-0.39, 0.29) is 12.6 Å². The van der Waals surface area contributed by atoms with Gasteiger partial charge in [0.2, 0.25) is 0 Å². The van der Waals surface area contributed by atoms with Crippen molar-refractivity contribution in [1.29, 1.82) is 0 Å². The average molecular weight is 239 g/mol. The molecule has 0 aromatic heterocycles. The van der Waals surface area contributed by atoms with Crippen molar-refractivity contribution in [2.45, 2.75) is 25.5 Å². The number of benzene rings is 1. The van der Waals surface area contributed by atoms with E-state index in [9.17, 15) is 5.11 Å². The first-order valence-corrected chi connectivity index (χ1v) is 5.81. The summed E-state index contributed by atoms with van der Waals surface area (Å²) in [6.45, 7) is 2.25. The lowest BCUT2D eigenvalue weighted by Gasteiger charge is -2.16. The maximum Gasteiger partial charge on any atom is 0.118 e. The minimum absolute atomic E-state index is 0.206. The number of aliphatic hydroxyl groups excluding tert-OH is 2. The first kappa shape index (κ1) is 14.0. The van der Waals surface area contributed by atoms with Crippen LogP contribution >= 0.6 is 0 Å². The maximum absolute atomic E-state index is 9.21. The Labute approximate surface area is 102 Å². The van der Waals surface area contributed by atoms with E-state index in [1.807, 2.05) is 31.2 Å². The molecule has 0 saturated heterocycles. The molecule has 1 aromatic carbocycles. The highest BCUT2D eigenvalue weighted by Crippen LogP contribution is 2.12. The molecule has 1 rings (SSSR count). The van der Waals surface area contributed by atoms with Crippen LogP contribution < -0.4 is 10.1 Å². The van der Waals surface area contributed by atoms with Gasteiger partial charge in [0.15, 0.2) is 0 Å². The molecule has 0 aliphatic heterocycles. The molecule has 0 bridgehead atoms. The summed E-state index contributed by atoms with van der Waals surface area (Å²) in [6.07, 6.45) is 0.190. The van der Waals surface area contributed by atoms with Crippen molar-refractivity contribution < 1.29 is 14.9 Å². The fourth-order valence-electron chi connectivity index (χ4n) is 1.59. The first-order valence-electron chi connectivity index (χ1n) is 5.81. The summed E-state index contributed by atoms with van der Waals surface area (Å²) in [5.74, 6) is 0.852. The zero-order valence-electron chi connectivity index (χ0n) is 10.4. The van der Waals surface area contributed by atoms with Gasteiger partial charge in [-0.05, 0) is 31.0 Å². The van der Waals surface area contributed by atoms with E-state index in [0.29, 0.717) is 6.54 Å². The second-order valence-corrected chi connectivity index (χ2v) is 4.20. The van der Waals surface area contributed by atoms with Gasteiger partial charge in [-0.3, -0.25) is 0 Å². The van der Waals surface area contributed by atoms with Gasteiger partial charge in [-0.1, -0.05) is 12.1 Å². The SMILES string of the molecule is COc1ccc(CC(C)NCC(O)CO)cc1. The maximum atomic E-state index is 9.21. The minimum Gasteiger partial charge on any atom is -0.497 e. The lowest BCUT2D eigenvalue weighted by atomic mass is 10.1. The van der Waals surface area contributed by atoms with E-state index >= 15 is 0 Å². The summed E-state index contributed by atoms with van der Waals surface area (Å²) in [5.41, 5.74) is 1.21. The third-order valence-corrected chi connectivity index (χ3v) is 2.61. The van der Waals surface area contributed by atoms with Crippen LogP contribution in [0.2, 0.25) is 0 Å². The standard InChI is InChI=1S/C13H21NO3/c1-10(14-8-12(16)9-15)7-11-3-5-13(17-2)6-4-11/h3-6,10,12,14-16H,7-9H2,1-2H3. The molecule has 4 heteroatoms. The van der Waals surface area contributed by atoms with Crippen molar-refractivity contribution in [3.8, 4) is 5.75 Å². The fourth-order valence-corrected chi connectivity index (χ4v) is 1.59. The number of hydrogen-bond donors (Lipinski definition) is 3. The van der Waals surface area contributed by atoms with Crippen LogP contribution in [0.25, 0.3) is 0 Å². The van der Waals surface area contributed by atoms with Gasteiger partial charge >= 0.3 is 0 Å². The van der Waals surface area contributed by atoms with Gasteiger partial charge in [0.1, 0.15) is 5.75 Å². The molecule has 1 aromatic rings. The number of nitrogens with one attached hydrogen (secondary N) is 1. The third kappa shape index (κ3) is 5.17. The molecule has 17 heavy (non-hydrogen) atoms. The van der Waals surface area contributed by atoms with Gasteiger partial charge < -0.3 is 20.3 Å². The molecule has 4 nitrogen and oxygen atoms in total. The van der Waals surface area contributed by atoms with E-state index < -0.39 is 6.10 Å². The minimum atomic E-state index is -0.687. The molecule has 0 amide bonds. The molecule has 3 N–H and O–H groups in total. The Kier molecular flexibility index (Phi) is 5.97.